The van der Waals surface area contributed by atoms with Gasteiger partial charge in [-0.15, -0.1) is 0 Å². The SMILES string of the molecule is COc1cccc(CNC(=O)C2CC(=O)N(c3ccccc3OC)C2)c1. The lowest BCUT2D eigenvalue weighted by Crippen LogP contribution is -2.32. The van der Waals surface area contributed by atoms with Crippen molar-refractivity contribution < 1.29 is 19.1 Å². The van der Waals surface area contributed by atoms with Crippen LogP contribution in [-0.2, 0) is 16.1 Å². The molecule has 136 valence electrons. The maximum absolute atomic E-state index is 12.5. The Morgan fingerprint density at radius 1 is 1.15 bits per heavy atom. The van der Waals surface area contributed by atoms with Crippen LogP contribution < -0.4 is 19.7 Å². The van der Waals surface area contributed by atoms with Crippen molar-refractivity contribution in [2.75, 3.05) is 25.7 Å². The molecule has 2 aromatic carbocycles. The summed E-state index contributed by atoms with van der Waals surface area (Å²) in [5.41, 5.74) is 1.65. The molecule has 0 aromatic heterocycles. The zero-order valence-corrected chi connectivity index (χ0v) is 14.9. The van der Waals surface area contributed by atoms with Crippen molar-refractivity contribution in [1.82, 2.24) is 5.32 Å². The van der Waals surface area contributed by atoms with Gasteiger partial charge in [0.15, 0.2) is 0 Å². The van der Waals surface area contributed by atoms with Crippen molar-refractivity contribution in [2.45, 2.75) is 13.0 Å². The van der Waals surface area contributed by atoms with Gasteiger partial charge in [0.25, 0.3) is 0 Å². The summed E-state index contributed by atoms with van der Waals surface area (Å²) in [5, 5.41) is 2.91. The molecule has 1 heterocycles. The van der Waals surface area contributed by atoms with Gasteiger partial charge in [-0.25, -0.2) is 0 Å². The summed E-state index contributed by atoms with van der Waals surface area (Å²) in [4.78, 5) is 26.5. The summed E-state index contributed by atoms with van der Waals surface area (Å²) in [6, 6.07) is 14.9. The number of amides is 2. The van der Waals surface area contributed by atoms with E-state index in [2.05, 4.69) is 5.32 Å². The fourth-order valence-corrected chi connectivity index (χ4v) is 3.08. The molecule has 1 aliphatic rings. The number of nitrogens with zero attached hydrogens (tertiary/aromatic N) is 1. The van der Waals surface area contributed by atoms with Crippen LogP contribution in [0.5, 0.6) is 11.5 Å². The predicted molar refractivity (Wildman–Crippen MR) is 98.3 cm³/mol. The van der Waals surface area contributed by atoms with Crippen LogP contribution >= 0.6 is 0 Å². The van der Waals surface area contributed by atoms with E-state index in [1.54, 1.807) is 25.2 Å². The van der Waals surface area contributed by atoms with Crippen LogP contribution in [0.15, 0.2) is 48.5 Å². The van der Waals surface area contributed by atoms with Gasteiger partial charge < -0.3 is 19.7 Å². The molecule has 0 radical (unpaired) electrons. The summed E-state index contributed by atoms with van der Waals surface area (Å²) in [5.74, 6) is 0.793. The number of methoxy groups -OCH3 is 2. The lowest BCUT2D eigenvalue weighted by molar-refractivity contribution is -0.126. The van der Waals surface area contributed by atoms with Crippen molar-refractivity contribution in [2.24, 2.45) is 5.92 Å². The first kappa shape index (κ1) is 17.8. The largest absolute Gasteiger partial charge is 0.497 e. The van der Waals surface area contributed by atoms with Crippen molar-refractivity contribution in [1.29, 1.82) is 0 Å². The van der Waals surface area contributed by atoms with Crippen molar-refractivity contribution in [3.63, 3.8) is 0 Å². The van der Waals surface area contributed by atoms with Crippen LogP contribution in [0.1, 0.15) is 12.0 Å². The van der Waals surface area contributed by atoms with E-state index in [1.807, 2.05) is 42.5 Å². The third-order valence-electron chi connectivity index (χ3n) is 4.47. The average molecular weight is 354 g/mol. The van der Waals surface area contributed by atoms with Gasteiger partial charge in [0.1, 0.15) is 11.5 Å². The quantitative estimate of drug-likeness (QED) is 0.865. The Morgan fingerprint density at radius 2 is 1.96 bits per heavy atom. The second-order valence-corrected chi connectivity index (χ2v) is 6.15. The number of benzene rings is 2. The second kappa shape index (κ2) is 7.91. The number of hydrogen-bond acceptors (Lipinski definition) is 4. The number of carbonyl (C=O) groups is 2. The van der Waals surface area contributed by atoms with E-state index in [0.717, 1.165) is 11.3 Å². The molecule has 2 aromatic rings. The average Bonchev–Trinajstić information content (AvgIpc) is 3.07. The number of hydrogen-bond donors (Lipinski definition) is 1. The third-order valence-corrected chi connectivity index (χ3v) is 4.47. The minimum absolute atomic E-state index is 0.0731. The Bertz CT molecular complexity index is 806. The standard InChI is InChI=1S/C20H22N2O4/c1-25-16-7-5-6-14(10-16)12-21-20(24)15-11-19(23)22(13-15)17-8-3-4-9-18(17)26-2/h3-10,15H,11-13H2,1-2H3,(H,21,24). The topological polar surface area (TPSA) is 67.9 Å². The van der Waals surface area contributed by atoms with Gasteiger partial charge in [-0.2, -0.15) is 0 Å². The molecule has 1 fully saturated rings. The first-order chi connectivity index (χ1) is 12.6. The summed E-state index contributed by atoms with van der Waals surface area (Å²) >= 11 is 0. The van der Waals surface area contributed by atoms with Gasteiger partial charge in [-0.05, 0) is 29.8 Å². The van der Waals surface area contributed by atoms with Gasteiger partial charge in [0, 0.05) is 19.5 Å². The number of para-hydroxylation sites is 2. The summed E-state index contributed by atoms with van der Waals surface area (Å²) in [7, 11) is 3.17. The van der Waals surface area contributed by atoms with Crippen LogP contribution in [-0.4, -0.2) is 32.6 Å². The molecule has 26 heavy (non-hydrogen) atoms. The molecular formula is C20H22N2O4. The highest BCUT2D eigenvalue weighted by Gasteiger charge is 2.36. The zero-order chi connectivity index (χ0) is 18.5. The third kappa shape index (κ3) is 3.79. The molecule has 0 saturated carbocycles. The fraction of sp³-hybridized carbons (Fsp3) is 0.300. The lowest BCUT2D eigenvalue weighted by Gasteiger charge is -2.19. The maximum atomic E-state index is 12.5. The predicted octanol–water partition coefficient (Wildman–Crippen LogP) is 2.37. The normalized spacial score (nSPS) is 16.5. The van der Waals surface area contributed by atoms with E-state index in [-0.39, 0.29) is 24.2 Å². The van der Waals surface area contributed by atoms with E-state index in [9.17, 15) is 9.59 Å². The number of nitrogens with one attached hydrogen (secondary N) is 1. The van der Waals surface area contributed by atoms with Gasteiger partial charge in [-0.1, -0.05) is 24.3 Å². The van der Waals surface area contributed by atoms with Crippen LogP contribution in [0, 0.1) is 5.92 Å². The van der Waals surface area contributed by atoms with Crippen molar-refractivity contribution in [3.8, 4) is 11.5 Å². The number of anilines is 1. The molecule has 1 unspecified atom stereocenters. The van der Waals surface area contributed by atoms with Crippen molar-refractivity contribution in [3.05, 3.63) is 54.1 Å². The molecular weight excluding hydrogens is 332 g/mol. The van der Waals surface area contributed by atoms with Crippen LogP contribution in [0.3, 0.4) is 0 Å². The smallest absolute Gasteiger partial charge is 0.227 e. The molecule has 6 nitrogen and oxygen atoms in total. The molecule has 0 spiro atoms. The second-order valence-electron chi connectivity index (χ2n) is 6.15. The van der Waals surface area contributed by atoms with E-state index in [4.69, 9.17) is 9.47 Å². The Kier molecular flexibility index (Phi) is 5.41. The van der Waals surface area contributed by atoms with Crippen molar-refractivity contribution >= 4 is 17.5 Å². The number of carbonyl (C=O) groups excluding carboxylic acids is 2. The van der Waals surface area contributed by atoms with E-state index in [1.165, 1.54) is 0 Å². The molecule has 0 aliphatic carbocycles. The highest BCUT2D eigenvalue weighted by Crippen LogP contribution is 2.32. The molecule has 1 atom stereocenters. The Balaban J connectivity index is 1.63. The van der Waals surface area contributed by atoms with Gasteiger partial charge in [0.05, 0.1) is 25.8 Å². The summed E-state index contributed by atoms with van der Waals surface area (Å²) in [6.07, 6.45) is 0.196. The van der Waals surface area contributed by atoms with E-state index in [0.29, 0.717) is 24.5 Å². The summed E-state index contributed by atoms with van der Waals surface area (Å²) < 4.78 is 10.5. The number of rotatable bonds is 6. The molecule has 3 rings (SSSR count). The first-order valence-corrected chi connectivity index (χ1v) is 8.46. The zero-order valence-electron chi connectivity index (χ0n) is 14.9. The van der Waals surface area contributed by atoms with Crippen LogP contribution in [0.4, 0.5) is 5.69 Å². The highest BCUT2D eigenvalue weighted by molar-refractivity contribution is 6.01. The molecule has 2 amide bonds. The van der Waals surface area contributed by atoms with Gasteiger partial charge >= 0.3 is 0 Å². The maximum Gasteiger partial charge on any atom is 0.227 e. The fourth-order valence-electron chi connectivity index (χ4n) is 3.08. The van der Waals surface area contributed by atoms with E-state index < -0.39 is 0 Å². The highest BCUT2D eigenvalue weighted by atomic mass is 16.5. The van der Waals surface area contributed by atoms with Crippen LogP contribution in [0.25, 0.3) is 0 Å². The molecule has 1 N–H and O–H groups in total. The molecule has 1 aliphatic heterocycles. The van der Waals surface area contributed by atoms with Gasteiger partial charge in [-0.3, -0.25) is 9.59 Å². The van der Waals surface area contributed by atoms with Gasteiger partial charge in [0.2, 0.25) is 11.8 Å². The molecule has 0 bridgehead atoms. The summed E-state index contributed by atoms with van der Waals surface area (Å²) in [6.45, 7) is 0.749. The Hall–Kier alpha value is -3.02. The first-order valence-electron chi connectivity index (χ1n) is 8.46. The van der Waals surface area contributed by atoms with E-state index >= 15 is 0 Å². The minimum atomic E-state index is -0.377. The Labute approximate surface area is 152 Å². The molecule has 6 heteroatoms. The number of ether oxygens (including phenoxy) is 2. The Morgan fingerprint density at radius 3 is 2.73 bits per heavy atom. The monoisotopic (exact) mass is 354 g/mol. The molecule has 1 saturated heterocycles. The minimum Gasteiger partial charge on any atom is -0.497 e. The van der Waals surface area contributed by atoms with Crippen LogP contribution in [0.2, 0.25) is 0 Å². The lowest BCUT2D eigenvalue weighted by atomic mass is 10.1.